The molecule has 0 radical (unpaired) electrons. The van der Waals surface area contributed by atoms with Gasteiger partial charge in [-0.1, -0.05) is 13.0 Å². The highest BCUT2D eigenvalue weighted by molar-refractivity contribution is 5.15. The molecule has 4 unspecified atom stereocenters. The molecule has 0 saturated carbocycles. The summed E-state index contributed by atoms with van der Waals surface area (Å²) in [5.41, 5.74) is 8.75. The predicted octanol–water partition coefficient (Wildman–Crippen LogP) is 2.08. The zero-order valence-electron chi connectivity index (χ0n) is 11.0. The van der Waals surface area contributed by atoms with Crippen LogP contribution in [-0.2, 0) is 17.6 Å². The van der Waals surface area contributed by atoms with Crippen LogP contribution in [0.4, 0.5) is 0 Å². The number of ether oxygens (including phenoxy) is 1. The first-order valence-corrected chi connectivity index (χ1v) is 7.11. The fourth-order valence-corrected chi connectivity index (χ4v) is 3.31. The van der Waals surface area contributed by atoms with Crippen molar-refractivity contribution >= 4 is 0 Å². The average Bonchev–Trinajstić information content (AvgIpc) is 3.02. The number of nitrogens with zero attached hydrogens (tertiary/aromatic N) is 1. The summed E-state index contributed by atoms with van der Waals surface area (Å²) in [6, 6.07) is 4.47. The van der Waals surface area contributed by atoms with E-state index in [0.717, 1.165) is 25.0 Å². The summed E-state index contributed by atoms with van der Waals surface area (Å²) in [6.07, 6.45) is 8.38. The first-order chi connectivity index (χ1) is 8.76. The van der Waals surface area contributed by atoms with E-state index in [0.29, 0.717) is 18.1 Å². The van der Waals surface area contributed by atoms with Crippen molar-refractivity contribution < 1.29 is 4.74 Å². The number of pyridine rings is 1. The molecule has 1 aromatic heterocycles. The van der Waals surface area contributed by atoms with Crippen molar-refractivity contribution in [1.29, 1.82) is 0 Å². The second-order valence-electron chi connectivity index (χ2n) is 5.65. The van der Waals surface area contributed by atoms with Crippen molar-refractivity contribution in [2.45, 2.75) is 57.3 Å². The molecule has 0 amide bonds. The van der Waals surface area contributed by atoms with E-state index in [-0.39, 0.29) is 6.04 Å². The van der Waals surface area contributed by atoms with Crippen molar-refractivity contribution in [2.75, 3.05) is 0 Å². The Balaban J connectivity index is 1.61. The van der Waals surface area contributed by atoms with Crippen LogP contribution >= 0.6 is 0 Å². The number of hydrogen-bond acceptors (Lipinski definition) is 3. The van der Waals surface area contributed by atoms with Gasteiger partial charge in [-0.05, 0) is 37.3 Å². The number of aryl methyl sites for hydroxylation is 1. The molecule has 2 saturated heterocycles. The standard InChI is InChI=1S/C15H22N2O/c1-2-10-3-4-11(17-9-10)7-14(16)13-8-12-5-6-15(13)18-12/h3-4,9,12-15H,2,5-8,16H2,1H3. The van der Waals surface area contributed by atoms with Crippen molar-refractivity contribution in [3.8, 4) is 0 Å². The molecule has 18 heavy (non-hydrogen) atoms. The van der Waals surface area contributed by atoms with Gasteiger partial charge in [-0.2, -0.15) is 0 Å². The Hall–Kier alpha value is -0.930. The molecule has 2 bridgehead atoms. The Bertz CT molecular complexity index is 403. The molecule has 0 aromatic carbocycles. The second kappa shape index (κ2) is 4.98. The average molecular weight is 246 g/mol. The van der Waals surface area contributed by atoms with Gasteiger partial charge in [0, 0.05) is 30.3 Å². The lowest BCUT2D eigenvalue weighted by molar-refractivity contribution is 0.0884. The van der Waals surface area contributed by atoms with Crippen molar-refractivity contribution in [3.05, 3.63) is 29.6 Å². The van der Waals surface area contributed by atoms with E-state index in [1.54, 1.807) is 0 Å². The molecule has 1 aromatic rings. The summed E-state index contributed by atoms with van der Waals surface area (Å²) < 4.78 is 5.88. The predicted molar refractivity (Wildman–Crippen MR) is 71.3 cm³/mol. The zero-order chi connectivity index (χ0) is 12.5. The molecule has 2 fully saturated rings. The SMILES string of the molecule is CCc1ccc(CC(N)C2CC3CCC2O3)nc1. The highest BCUT2D eigenvalue weighted by Gasteiger charge is 2.43. The van der Waals surface area contributed by atoms with Crippen LogP contribution in [0.25, 0.3) is 0 Å². The first-order valence-electron chi connectivity index (χ1n) is 7.11. The topological polar surface area (TPSA) is 48.1 Å². The lowest BCUT2D eigenvalue weighted by Crippen LogP contribution is -2.38. The molecule has 2 aliphatic heterocycles. The number of aromatic nitrogens is 1. The van der Waals surface area contributed by atoms with E-state index in [4.69, 9.17) is 10.5 Å². The zero-order valence-corrected chi connectivity index (χ0v) is 11.0. The van der Waals surface area contributed by atoms with Crippen molar-refractivity contribution in [1.82, 2.24) is 4.98 Å². The van der Waals surface area contributed by atoms with Crippen molar-refractivity contribution in [3.63, 3.8) is 0 Å². The van der Waals surface area contributed by atoms with Crippen LogP contribution in [0.2, 0.25) is 0 Å². The Morgan fingerprint density at radius 1 is 1.44 bits per heavy atom. The Kier molecular flexibility index (Phi) is 3.35. The van der Waals surface area contributed by atoms with E-state index in [1.165, 1.54) is 18.4 Å². The molecule has 2 aliphatic rings. The van der Waals surface area contributed by atoms with Gasteiger partial charge in [-0.3, -0.25) is 4.98 Å². The third-order valence-electron chi connectivity index (χ3n) is 4.44. The van der Waals surface area contributed by atoms with Crippen LogP contribution < -0.4 is 5.73 Å². The van der Waals surface area contributed by atoms with E-state index < -0.39 is 0 Å². The fraction of sp³-hybridized carbons (Fsp3) is 0.667. The third-order valence-corrected chi connectivity index (χ3v) is 4.44. The molecule has 3 nitrogen and oxygen atoms in total. The highest BCUT2D eigenvalue weighted by atomic mass is 16.5. The van der Waals surface area contributed by atoms with Crippen LogP contribution in [0.1, 0.15) is 37.4 Å². The van der Waals surface area contributed by atoms with Gasteiger partial charge in [-0.15, -0.1) is 0 Å². The molecule has 3 heteroatoms. The minimum Gasteiger partial charge on any atom is -0.375 e. The Labute approximate surface area is 109 Å². The van der Waals surface area contributed by atoms with Gasteiger partial charge in [0.25, 0.3) is 0 Å². The number of nitrogens with two attached hydrogens (primary N) is 1. The normalized spacial score (nSPS) is 31.8. The van der Waals surface area contributed by atoms with E-state index >= 15 is 0 Å². The van der Waals surface area contributed by atoms with Crippen LogP contribution in [0.3, 0.4) is 0 Å². The smallest absolute Gasteiger partial charge is 0.0623 e. The fourth-order valence-electron chi connectivity index (χ4n) is 3.31. The lowest BCUT2D eigenvalue weighted by Gasteiger charge is -2.25. The molecule has 2 N–H and O–H groups in total. The molecular weight excluding hydrogens is 224 g/mol. The van der Waals surface area contributed by atoms with Gasteiger partial charge in [0.15, 0.2) is 0 Å². The Morgan fingerprint density at radius 3 is 2.89 bits per heavy atom. The Morgan fingerprint density at radius 2 is 2.33 bits per heavy atom. The van der Waals surface area contributed by atoms with Gasteiger partial charge in [0.1, 0.15) is 0 Å². The van der Waals surface area contributed by atoms with Gasteiger partial charge >= 0.3 is 0 Å². The van der Waals surface area contributed by atoms with E-state index in [1.807, 2.05) is 6.20 Å². The van der Waals surface area contributed by atoms with Crippen LogP contribution in [-0.4, -0.2) is 23.2 Å². The second-order valence-corrected chi connectivity index (χ2v) is 5.65. The van der Waals surface area contributed by atoms with Crippen LogP contribution in [0, 0.1) is 5.92 Å². The van der Waals surface area contributed by atoms with Gasteiger partial charge in [0.2, 0.25) is 0 Å². The summed E-state index contributed by atoms with van der Waals surface area (Å²) in [5, 5.41) is 0. The summed E-state index contributed by atoms with van der Waals surface area (Å²) in [5.74, 6) is 0.538. The maximum Gasteiger partial charge on any atom is 0.0623 e. The molecular formula is C15H22N2O. The maximum absolute atomic E-state index is 6.35. The number of hydrogen-bond donors (Lipinski definition) is 1. The minimum absolute atomic E-state index is 0.195. The lowest BCUT2D eigenvalue weighted by atomic mass is 9.82. The van der Waals surface area contributed by atoms with Crippen LogP contribution in [0.5, 0.6) is 0 Å². The molecule has 4 atom stereocenters. The molecule has 3 heterocycles. The molecule has 0 aliphatic carbocycles. The summed E-state index contributed by atoms with van der Waals surface area (Å²) in [7, 11) is 0. The van der Waals surface area contributed by atoms with Crippen molar-refractivity contribution in [2.24, 2.45) is 11.7 Å². The molecule has 98 valence electrons. The number of fused-ring (bicyclic) bond motifs is 2. The quantitative estimate of drug-likeness (QED) is 0.885. The van der Waals surface area contributed by atoms with Gasteiger partial charge in [0.05, 0.1) is 12.2 Å². The van der Waals surface area contributed by atoms with Crippen LogP contribution in [0.15, 0.2) is 18.3 Å². The maximum atomic E-state index is 6.35. The summed E-state index contributed by atoms with van der Waals surface area (Å²) in [4.78, 5) is 4.50. The van der Waals surface area contributed by atoms with E-state index in [2.05, 4.69) is 24.0 Å². The third kappa shape index (κ3) is 2.29. The first kappa shape index (κ1) is 12.1. The molecule has 3 rings (SSSR count). The number of rotatable bonds is 4. The summed E-state index contributed by atoms with van der Waals surface area (Å²) in [6.45, 7) is 2.15. The highest BCUT2D eigenvalue weighted by Crippen LogP contribution is 2.40. The van der Waals surface area contributed by atoms with E-state index in [9.17, 15) is 0 Å². The monoisotopic (exact) mass is 246 g/mol. The minimum atomic E-state index is 0.195. The van der Waals surface area contributed by atoms with Gasteiger partial charge < -0.3 is 10.5 Å². The van der Waals surface area contributed by atoms with Gasteiger partial charge in [-0.25, -0.2) is 0 Å². The largest absolute Gasteiger partial charge is 0.375 e. The summed E-state index contributed by atoms with van der Waals surface area (Å²) >= 11 is 0. The molecule has 0 spiro atoms.